The summed E-state index contributed by atoms with van der Waals surface area (Å²) in [5.74, 6) is -1.92. The van der Waals surface area contributed by atoms with Crippen molar-refractivity contribution in [2.45, 2.75) is 23.1 Å². The summed E-state index contributed by atoms with van der Waals surface area (Å²) in [6.07, 6.45) is 2.92. The number of anilines is 1. The van der Waals surface area contributed by atoms with Crippen molar-refractivity contribution in [3.05, 3.63) is 95.1 Å². The molecule has 0 bridgehead atoms. The number of ketones is 1. The number of carbonyl (C=O) groups is 2. The first-order chi connectivity index (χ1) is 18.9. The molecule has 1 atom stereocenters. The topological polar surface area (TPSA) is 126 Å². The summed E-state index contributed by atoms with van der Waals surface area (Å²) >= 11 is 2.46. The second-order valence-corrected chi connectivity index (χ2v) is 10.5. The smallest absolute Gasteiger partial charge is 0.301 e. The van der Waals surface area contributed by atoms with E-state index in [2.05, 4.69) is 15.2 Å². The van der Waals surface area contributed by atoms with Gasteiger partial charge in [-0.3, -0.25) is 19.5 Å². The zero-order valence-electron chi connectivity index (χ0n) is 20.4. The minimum Gasteiger partial charge on any atom is -0.507 e. The summed E-state index contributed by atoms with van der Waals surface area (Å²) in [4.78, 5) is 31.8. The number of aliphatic hydroxyl groups is 1. The highest BCUT2D eigenvalue weighted by atomic mass is 32.2. The molecule has 1 aliphatic rings. The van der Waals surface area contributed by atoms with Gasteiger partial charge in [-0.25, -0.2) is 4.39 Å². The van der Waals surface area contributed by atoms with E-state index in [1.807, 2.05) is 0 Å². The molecule has 4 aromatic rings. The monoisotopic (exact) mass is 564 g/mol. The number of rotatable bonds is 8. The van der Waals surface area contributed by atoms with Gasteiger partial charge in [-0.05, 0) is 54.4 Å². The molecule has 198 valence electrons. The first-order valence-electron chi connectivity index (χ1n) is 11.7. The molecule has 0 radical (unpaired) electrons. The van der Waals surface area contributed by atoms with Crippen molar-refractivity contribution in [3.63, 3.8) is 0 Å². The summed E-state index contributed by atoms with van der Waals surface area (Å²) < 4.78 is 19.3. The number of aromatic hydroxyl groups is 1. The number of phenolic OH excluding ortho intramolecular Hbond substituents is 1. The first kappa shape index (κ1) is 26.3. The molecule has 12 heteroatoms. The van der Waals surface area contributed by atoms with Gasteiger partial charge >= 0.3 is 5.91 Å². The Labute approximate surface area is 230 Å². The van der Waals surface area contributed by atoms with Gasteiger partial charge in [0.1, 0.15) is 11.6 Å². The molecule has 0 aliphatic carbocycles. The summed E-state index contributed by atoms with van der Waals surface area (Å²) in [6.45, 7) is 2.03. The first-order valence-corrected chi connectivity index (χ1v) is 13.6. The number of hydrogen-bond donors (Lipinski definition) is 2. The largest absolute Gasteiger partial charge is 0.507 e. The van der Waals surface area contributed by atoms with Crippen LogP contribution in [0.5, 0.6) is 11.5 Å². The number of carbonyl (C=O) groups excluding carboxylic acids is 2. The minimum absolute atomic E-state index is 0.109. The third-order valence-corrected chi connectivity index (χ3v) is 8.00. The molecule has 5 rings (SSSR count). The summed E-state index contributed by atoms with van der Waals surface area (Å²) in [6, 6.07) is 12.5. The molecule has 1 aliphatic heterocycles. The number of thioether (sulfide) groups is 1. The number of Topliss-reactive ketones (excluding diaryl/α,β-unsaturated/α-hetero) is 1. The van der Waals surface area contributed by atoms with Crippen LogP contribution in [0.25, 0.3) is 5.76 Å². The van der Waals surface area contributed by atoms with Crippen LogP contribution >= 0.6 is 23.1 Å². The molecule has 1 fully saturated rings. The van der Waals surface area contributed by atoms with Crippen LogP contribution in [0.15, 0.2) is 76.9 Å². The Bertz CT molecular complexity index is 1560. The Kier molecular flexibility index (Phi) is 7.57. The van der Waals surface area contributed by atoms with Crippen molar-refractivity contribution in [1.29, 1.82) is 0 Å². The highest BCUT2D eigenvalue weighted by Crippen LogP contribution is 2.45. The van der Waals surface area contributed by atoms with E-state index in [-0.39, 0.29) is 40.4 Å². The predicted octanol–water partition coefficient (Wildman–Crippen LogP) is 5.10. The van der Waals surface area contributed by atoms with Crippen molar-refractivity contribution < 1.29 is 28.9 Å². The maximum Gasteiger partial charge on any atom is 0.301 e. The Morgan fingerprint density at radius 2 is 1.85 bits per heavy atom. The van der Waals surface area contributed by atoms with Crippen LogP contribution in [-0.4, -0.2) is 43.7 Å². The van der Waals surface area contributed by atoms with Gasteiger partial charge in [-0.15, -0.1) is 10.2 Å². The van der Waals surface area contributed by atoms with Crippen molar-refractivity contribution >= 4 is 45.7 Å². The van der Waals surface area contributed by atoms with Crippen molar-refractivity contribution in [1.82, 2.24) is 15.2 Å². The van der Waals surface area contributed by atoms with E-state index in [1.54, 1.807) is 25.1 Å². The molecule has 3 heterocycles. The maximum atomic E-state index is 13.4. The summed E-state index contributed by atoms with van der Waals surface area (Å²) in [5.41, 5.74) is 1.46. The van der Waals surface area contributed by atoms with Crippen molar-refractivity contribution in [2.24, 2.45) is 0 Å². The van der Waals surface area contributed by atoms with Crippen LogP contribution in [0.2, 0.25) is 0 Å². The highest BCUT2D eigenvalue weighted by molar-refractivity contribution is 8.00. The predicted molar refractivity (Wildman–Crippen MR) is 144 cm³/mol. The van der Waals surface area contributed by atoms with E-state index in [0.29, 0.717) is 21.2 Å². The fraction of sp³-hybridized carbons (Fsp3) is 0.148. The Hall–Kier alpha value is -4.29. The second kappa shape index (κ2) is 11.2. The number of phenols is 1. The highest BCUT2D eigenvalue weighted by Gasteiger charge is 2.48. The van der Waals surface area contributed by atoms with Crippen LogP contribution in [0.1, 0.15) is 29.7 Å². The van der Waals surface area contributed by atoms with Gasteiger partial charge in [0.15, 0.2) is 15.8 Å². The van der Waals surface area contributed by atoms with Crippen LogP contribution in [-0.2, 0) is 15.3 Å². The number of hydrogen-bond acceptors (Lipinski definition) is 10. The Morgan fingerprint density at radius 1 is 1.10 bits per heavy atom. The lowest BCUT2D eigenvalue weighted by atomic mass is 9.95. The van der Waals surface area contributed by atoms with E-state index < -0.39 is 17.7 Å². The zero-order chi connectivity index (χ0) is 27.5. The molecular weight excluding hydrogens is 543 g/mol. The lowest BCUT2D eigenvalue weighted by molar-refractivity contribution is -0.132. The van der Waals surface area contributed by atoms with Crippen LogP contribution in [0.4, 0.5) is 9.52 Å². The summed E-state index contributed by atoms with van der Waals surface area (Å²) in [7, 11) is 0. The molecule has 0 saturated carbocycles. The molecule has 0 spiro atoms. The lowest BCUT2D eigenvalue weighted by Gasteiger charge is -2.23. The van der Waals surface area contributed by atoms with Crippen LogP contribution in [0, 0.1) is 5.82 Å². The molecule has 39 heavy (non-hydrogen) atoms. The molecule has 1 saturated heterocycles. The average molecular weight is 565 g/mol. The third-order valence-electron chi connectivity index (χ3n) is 5.88. The number of halogens is 1. The third kappa shape index (κ3) is 5.33. The normalized spacial score (nSPS) is 16.6. The maximum absolute atomic E-state index is 13.4. The van der Waals surface area contributed by atoms with Crippen LogP contribution < -0.4 is 9.64 Å². The number of aliphatic hydroxyl groups excluding tert-OH is 1. The quantitative estimate of drug-likeness (QED) is 0.0989. The second-order valence-electron chi connectivity index (χ2n) is 8.33. The molecule has 1 unspecified atom stereocenters. The van der Waals surface area contributed by atoms with Gasteiger partial charge in [-0.2, -0.15) is 0 Å². The van der Waals surface area contributed by atoms with E-state index >= 15 is 0 Å². The summed E-state index contributed by atoms with van der Waals surface area (Å²) in [5, 5.41) is 29.9. The van der Waals surface area contributed by atoms with Gasteiger partial charge in [0.05, 0.1) is 18.2 Å². The average Bonchev–Trinajstić information content (AvgIpc) is 3.52. The van der Waals surface area contributed by atoms with Crippen LogP contribution in [0.3, 0.4) is 0 Å². The molecular formula is C27H21FN4O5S2. The van der Waals surface area contributed by atoms with E-state index in [9.17, 15) is 24.2 Å². The van der Waals surface area contributed by atoms with E-state index in [1.165, 1.54) is 65.5 Å². The number of amides is 1. The van der Waals surface area contributed by atoms with E-state index in [0.717, 1.165) is 16.9 Å². The van der Waals surface area contributed by atoms with E-state index in [4.69, 9.17) is 4.74 Å². The van der Waals surface area contributed by atoms with Gasteiger partial charge in [0.25, 0.3) is 5.78 Å². The fourth-order valence-corrected chi connectivity index (χ4v) is 5.89. The van der Waals surface area contributed by atoms with Gasteiger partial charge in [-0.1, -0.05) is 41.3 Å². The number of pyridine rings is 1. The zero-order valence-corrected chi connectivity index (χ0v) is 22.1. The number of nitrogens with zero attached hydrogens (tertiary/aromatic N) is 4. The minimum atomic E-state index is -1.07. The van der Waals surface area contributed by atoms with Gasteiger partial charge in [0.2, 0.25) is 5.13 Å². The molecule has 2 aromatic carbocycles. The molecule has 1 amide bonds. The van der Waals surface area contributed by atoms with Crippen molar-refractivity contribution in [3.8, 4) is 11.5 Å². The Balaban J connectivity index is 1.56. The van der Waals surface area contributed by atoms with Gasteiger partial charge in [0, 0.05) is 23.7 Å². The fourth-order valence-electron chi connectivity index (χ4n) is 4.07. The molecule has 9 nitrogen and oxygen atoms in total. The molecule has 2 aromatic heterocycles. The van der Waals surface area contributed by atoms with Gasteiger partial charge < -0.3 is 14.9 Å². The number of aromatic nitrogens is 3. The Morgan fingerprint density at radius 3 is 2.56 bits per heavy atom. The number of ether oxygens (including phenoxy) is 1. The SMILES string of the molecule is CCOc1cc(C2/C(=C(\O)c3ccncc3)C(=O)C(=O)N2c2nnc(SCc3ccc(F)cc3)s2)ccc1O. The number of benzene rings is 2. The standard InChI is InChI=1S/C27H21FN4O5S2/c1-2-37-20-13-17(5-8-19(20)33)22-21(23(34)16-9-11-29-12-10-16)24(35)25(36)32(22)26-30-31-27(39-26)38-14-15-3-6-18(28)7-4-15/h3-13,22,33-34H,2,14H2,1H3/b23-21+. The molecule has 2 N–H and O–H groups in total. The van der Waals surface area contributed by atoms with Crippen molar-refractivity contribution in [2.75, 3.05) is 11.5 Å². The lowest BCUT2D eigenvalue weighted by Crippen LogP contribution is -2.29.